The second-order valence-electron chi connectivity index (χ2n) is 8.08. The number of likely N-dealkylation sites (N-methyl/N-ethyl adjacent to an activating group) is 1. The average Bonchev–Trinajstić information content (AvgIpc) is 2.75. The van der Waals surface area contributed by atoms with Crippen molar-refractivity contribution in [2.75, 3.05) is 45.1 Å². The van der Waals surface area contributed by atoms with Crippen molar-refractivity contribution in [1.82, 2.24) is 14.7 Å². The van der Waals surface area contributed by atoms with Gasteiger partial charge in [0, 0.05) is 45.5 Å². The van der Waals surface area contributed by atoms with Crippen LogP contribution >= 0.6 is 0 Å². The van der Waals surface area contributed by atoms with Crippen molar-refractivity contribution in [3.05, 3.63) is 65.7 Å². The van der Waals surface area contributed by atoms with Crippen molar-refractivity contribution < 1.29 is 9.59 Å². The van der Waals surface area contributed by atoms with Crippen LogP contribution in [0.2, 0.25) is 0 Å². The monoisotopic (exact) mass is 408 g/mol. The molecule has 2 aromatic carbocycles. The van der Waals surface area contributed by atoms with Gasteiger partial charge in [-0.25, -0.2) is 0 Å². The van der Waals surface area contributed by atoms with Crippen molar-refractivity contribution in [2.45, 2.75) is 26.4 Å². The van der Waals surface area contributed by atoms with Crippen LogP contribution < -0.4 is 5.32 Å². The van der Waals surface area contributed by atoms with Gasteiger partial charge in [-0.2, -0.15) is 0 Å². The molecule has 0 radical (unpaired) electrons. The molecule has 0 saturated carbocycles. The molecule has 0 spiro atoms. The normalized spacial score (nSPS) is 16.1. The van der Waals surface area contributed by atoms with Crippen LogP contribution in [0.25, 0.3) is 0 Å². The Hall–Kier alpha value is -2.70. The van der Waals surface area contributed by atoms with Crippen molar-refractivity contribution in [2.24, 2.45) is 0 Å². The minimum Gasteiger partial charge on any atom is -0.340 e. The number of nitrogens with zero attached hydrogens (tertiary/aromatic N) is 3. The van der Waals surface area contributed by atoms with Gasteiger partial charge in [0.15, 0.2) is 0 Å². The predicted molar refractivity (Wildman–Crippen MR) is 120 cm³/mol. The van der Waals surface area contributed by atoms with E-state index in [0.717, 1.165) is 37.4 Å². The molecule has 0 aromatic heterocycles. The smallest absolute Gasteiger partial charge is 0.239 e. The molecule has 1 aliphatic rings. The summed E-state index contributed by atoms with van der Waals surface area (Å²) in [6, 6.07) is 17.7. The molecular weight excluding hydrogens is 376 g/mol. The fraction of sp³-hybridized carbons (Fsp3) is 0.417. The Kier molecular flexibility index (Phi) is 7.60. The standard InChI is InChI=1S/C24H32N4O2/c1-19-9-11-22(12-10-19)25-23(29)18-27-13-15-28(16-14-27)20(2)24(30)26(3)17-21-7-5-4-6-8-21/h4-12,20H,13-18H2,1-3H3,(H,25,29)/t20-/m1/s1. The molecule has 1 atom stereocenters. The third-order valence-corrected chi connectivity index (χ3v) is 5.65. The first-order valence-electron chi connectivity index (χ1n) is 10.5. The van der Waals surface area contributed by atoms with Crippen LogP contribution in [0.5, 0.6) is 0 Å². The molecular formula is C24H32N4O2. The number of rotatable bonds is 7. The third-order valence-electron chi connectivity index (χ3n) is 5.65. The molecule has 1 heterocycles. The van der Waals surface area contributed by atoms with Crippen LogP contribution in [-0.4, -0.2) is 72.3 Å². The van der Waals surface area contributed by atoms with Crippen LogP contribution in [0.4, 0.5) is 5.69 Å². The molecule has 6 heteroatoms. The first kappa shape index (κ1) is 22.0. The molecule has 0 unspecified atom stereocenters. The first-order chi connectivity index (χ1) is 14.4. The zero-order valence-electron chi connectivity index (χ0n) is 18.2. The maximum absolute atomic E-state index is 12.8. The summed E-state index contributed by atoms with van der Waals surface area (Å²) in [7, 11) is 1.86. The van der Waals surface area contributed by atoms with E-state index in [-0.39, 0.29) is 17.9 Å². The number of benzene rings is 2. The molecule has 1 aliphatic heterocycles. The quantitative estimate of drug-likeness (QED) is 0.765. The first-order valence-corrected chi connectivity index (χ1v) is 10.5. The molecule has 160 valence electrons. The van der Waals surface area contributed by atoms with Gasteiger partial charge in [-0.3, -0.25) is 19.4 Å². The van der Waals surface area contributed by atoms with Gasteiger partial charge < -0.3 is 10.2 Å². The Bertz CT molecular complexity index is 830. The summed E-state index contributed by atoms with van der Waals surface area (Å²) in [5.41, 5.74) is 3.12. The van der Waals surface area contributed by atoms with Gasteiger partial charge in [0.2, 0.25) is 11.8 Å². The van der Waals surface area contributed by atoms with Crippen LogP contribution in [0.1, 0.15) is 18.1 Å². The minimum atomic E-state index is -0.165. The highest BCUT2D eigenvalue weighted by molar-refractivity contribution is 5.92. The van der Waals surface area contributed by atoms with E-state index in [2.05, 4.69) is 15.1 Å². The van der Waals surface area contributed by atoms with Crippen molar-refractivity contribution in [3.63, 3.8) is 0 Å². The van der Waals surface area contributed by atoms with Gasteiger partial charge in [-0.1, -0.05) is 48.0 Å². The van der Waals surface area contributed by atoms with E-state index in [1.54, 1.807) is 4.90 Å². The molecule has 1 fully saturated rings. The molecule has 2 aromatic rings. The van der Waals surface area contributed by atoms with Crippen molar-refractivity contribution in [1.29, 1.82) is 0 Å². The number of nitrogens with one attached hydrogen (secondary N) is 1. The van der Waals surface area contributed by atoms with Gasteiger partial charge in [-0.05, 0) is 31.5 Å². The average molecular weight is 409 g/mol. The Labute approximate surface area is 179 Å². The summed E-state index contributed by atoms with van der Waals surface area (Å²) in [6.45, 7) is 8.11. The van der Waals surface area contributed by atoms with Crippen molar-refractivity contribution in [3.8, 4) is 0 Å². The second kappa shape index (κ2) is 10.4. The number of hydrogen-bond acceptors (Lipinski definition) is 4. The SMILES string of the molecule is Cc1ccc(NC(=O)CN2CCN([C@H](C)C(=O)N(C)Cc3ccccc3)CC2)cc1. The van der Waals surface area contributed by atoms with Gasteiger partial charge in [0.1, 0.15) is 0 Å². The highest BCUT2D eigenvalue weighted by Crippen LogP contribution is 2.12. The zero-order chi connectivity index (χ0) is 21.5. The topological polar surface area (TPSA) is 55.9 Å². The summed E-state index contributed by atoms with van der Waals surface area (Å²) in [4.78, 5) is 31.3. The number of carbonyl (C=O) groups is 2. The highest BCUT2D eigenvalue weighted by atomic mass is 16.2. The Morgan fingerprint density at radius 3 is 2.27 bits per heavy atom. The fourth-order valence-corrected chi connectivity index (χ4v) is 3.76. The van der Waals surface area contributed by atoms with Gasteiger partial charge >= 0.3 is 0 Å². The number of aryl methyl sites for hydroxylation is 1. The van der Waals surface area contributed by atoms with Gasteiger partial charge in [-0.15, -0.1) is 0 Å². The number of carbonyl (C=O) groups excluding carboxylic acids is 2. The number of anilines is 1. The molecule has 1 N–H and O–H groups in total. The molecule has 30 heavy (non-hydrogen) atoms. The third kappa shape index (κ3) is 6.15. The number of hydrogen-bond donors (Lipinski definition) is 1. The summed E-state index contributed by atoms with van der Waals surface area (Å²) in [5.74, 6) is 0.128. The second-order valence-corrected chi connectivity index (χ2v) is 8.08. The maximum Gasteiger partial charge on any atom is 0.239 e. The highest BCUT2D eigenvalue weighted by Gasteiger charge is 2.28. The van der Waals surface area contributed by atoms with Crippen LogP contribution in [0, 0.1) is 6.92 Å². The van der Waals surface area contributed by atoms with Crippen LogP contribution in [-0.2, 0) is 16.1 Å². The molecule has 0 bridgehead atoms. The van der Waals surface area contributed by atoms with E-state index in [9.17, 15) is 9.59 Å². The van der Waals surface area contributed by atoms with Gasteiger partial charge in [0.05, 0.1) is 12.6 Å². The van der Waals surface area contributed by atoms with E-state index < -0.39 is 0 Å². The molecule has 3 rings (SSSR count). The van der Waals surface area contributed by atoms with Crippen LogP contribution in [0.15, 0.2) is 54.6 Å². The fourth-order valence-electron chi connectivity index (χ4n) is 3.76. The van der Waals surface area contributed by atoms with E-state index in [1.807, 2.05) is 75.5 Å². The molecule has 1 saturated heterocycles. The predicted octanol–water partition coefficient (Wildman–Crippen LogP) is 2.60. The minimum absolute atomic E-state index is 0.000905. The zero-order valence-corrected chi connectivity index (χ0v) is 18.2. The van der Waals surface area contributed by atoms with E-state index in [0.29, 0.717) is 13.1 Å². The summed E-state index contributed by atoms with van der Waals surface area (Å²) in [5, 5.41) is 2.95. The molecule has 2 amide bonds. The van der Waals surface area contributed by atoms with E-state index in [1.165, 1.54) is 5.56 Å². The summed E-state index contributed by atoms with van der Waals surface area (Å²) in [6.07, 6.45) is 0. The summed E-state index contributed by atoms with van der Waals surface area (Å²) < 4.78 is 0. The Morgan fingerprint density at radius 1 is 1.00 bits per heavy atom. The Balaban J connectivity index is 1.43. The maximum atomic E-state index is 12.8. The largest absolute Gasteiger partial charge is 0.340 e. The number of amides is 2. The lowest BCUT2D eigenvalue weighted by Crippen LogP contribution is -2.54. The molecule has 0 aliphatic carbocycles. The van der Waals surface area contributed by atoms with E-state index >= 15 is 0 Å². The van der Waals surface area contributed by atoms with Gasteiger partial charge in [0.25, 0.3) is 0 Å². The molecule has 6 nitrogen and oxygen atoms in total. The lowest BCUT2D eigenvalue weighted by molar-refractivity contribution is -0.136. The number of piperazine rings is 1. The van der Waals surface area contributed by atoms with E-state index in [4.69, 9.17) is 0 Å². The summed E-state index contributed by atoms with van der Waals surface area (Å²) >= 11 is 0. The Morgan fingerprint density at radius 2 is 1.63 bits per heavy atom. The lowest BCUT2D eigenvalue weighted by Gasteiger charge is -2.38. The lowest BCUT2D eigenvalue weighted by atomic mass is 10.1. The van der Waals surface area contributed by atoms with Crippen LogP contribution in [0.3, 0.4) is 0 Å². The van der Waals surface area contributed by atoms with Crippen molar-refractivity contribution >= 4 is 17.5 Å².